The van der Waals surface area contributed by atoms with Gasteiger partial charge in [-0.2, -0.15) is 11.3 Å². The maximum atomic E-state index is 13.0. The Kier molecular flexibility index (Phi) is 4.81. The molecule has 0 saturated carbocycles. The third-order valence-corrected chi connectivity index (χ3v) is 3.38. The minimum Gasteiger partial charge on any atom is -0.325 e. The number of amides is 1. The zero-order valence-electron chi connectivity index (χ0n) is 10.9. The molecule has 1 amide bonds. The molecule has 6 heteroatoms. The van der Waals surface area contributed by atoms with E-state index in [0.29, 0.717) is 6.54 Å². The molecule has 0 radical (unpaired) electrons. The van der Waals surface area contributed by atoms with E-state index in [-0.39, 0.29) is 18.1 Å². The van der Waals surface area contributed by atoms with Crippen LogP contribution in [-0.2, 0) is 11.3 Å². The maximum absolute atomic E-state index is 13.0. The van der Waals surface area contributed by atoms with Gasteiger partial charge in [-0.05, 0) is 41.6 Å². The number of carbonyl (C=O) groups is 1. The van der Waals surface area contributed by atoms with E-state index in [1.54, 1.807) is 11.3 Å². The van der Waals surface area contributed by atoms with Gasteiger partial charge in [-0.25, -0.2) is 8.78 Å². The molecule has 20 heavy (non-hydrogen) atoms. The van der Waals surface area contributed by atoms with E-state index in [9.17, 15) is 13.6 Å². The molecule has 1 N–H and O–H groups in total. The van der Waals surface area contributed by atoms with Crippen LogP contribution in [0.1, 0.15) is 5.56 Å². The van der Waals surface area contributed by atoms with Gasteiger partial charge >= 0.3 is 0 Å². The third-order valence-electron chi connectivity index (χ3n) is 2.65. The molecule has 1 aromatic carbocycles. The first-order valence-electron chi connectivity index (χ1n) is 5.99. The summed E-state index contributed by atoms with van der Waals surface area (Å²) in [6.45, 7) is 0.837. The predicted octanol–water partition coefficient (Wildman–Crippen LogP) is 3.10. The van der Waals surface area contributed by atoms with E-state index < -0.39 is 11.6 Å². The molecule has 0 aliphatic carbocycles. The van der Waals surface area contributed by atoms with Crippen LogP contribution in [0.15, 0.2) is 35.0 Å². The summed E-state index contributed by atoms with van der Waals surface area (Å²) in [5.41, 5.74) is 1.39. The average molecular weight is 296 g/mol. The average Bonchev–Trinajstić information content (AvgIpc) is 2.86. The summed E-state index contributed by atoms with van der Waals surface area (Å²) in [4.78, 5) is 13.6. The van der Waals surface area contributed by atoms with E-state index in [0.717, 1.165) is 17.7 Å². The Morgan fingerprint density at radius 2 is 2.10 bits per heavy atom. The van der Waals surface area contributed by atoms with Crippen LogP contribution >= 0.6 is 11.3 Å². The smallest absolute Gasteiger partial charge is 0.238 e. The van der Waals surface area contributed by atoms with Crippen LogP contribution < -0.4 is 5.32 Å². The summed E-state index contributed by atoms with van der Waals surface area (Å²) in [5.74, 6) is -2.18. The standard InChI is InChI=1S/C14H14F2N2OS/c1-18(7-10-4-5-20-9-10)8-14(19)17-11-2-3-12(15)13(16)6-11/h2-6,9H,7-8H2,1H3,(H,17,19). The van der Waals surface area contributed by atoms with Crippen molar-refractivity contribution in [3.05, 3.63) is 52.2 Å². The number of thiophene rings is 1. The lowest BCUT2D eigenvalue weighted by molar-refractivity contribution is -0.117. The Morgan fingerprint density at radius 3 is 2.75 bits per heavy atom. The fourth-order valence-corrected chi connectivity index (χ4v) is 2.43. The highest BCUT2D eigenvalue weighted by Crippen LogP contribution is 2.13. The number of halogens is 2. The maximum Gasteiger partial charge on any atom is 0.238 e. The van der Waals surface area contributed by atoms with Gasteiger partial charge in [0, 0.05) is 18.3 Å². The van der Waals surface area contributed by atoms with Crippen LogP contribution in [0.4, 0.5) is 14.5 Å². The van der Waals surface area contributed by atoms with E-state index in [1.165, 1.54) is 6.07 Å². The summed E-state index contributed by atoms with van der Waals surface area (Å²) in [7, 11) is 1.82. The first-order chi connectivity index (χ1) is 9.54. The zero-order valence-corrected chi connectivity index (χ0v) is 11.7. The second-order valence-corrected chi connectivity index (χ2v) is 5.26. The summed E-state index contributed by atoms with van der Waals surface area (Å²) in [6, 6.07) is 5.27. The lowest BCUT2D eigenvalue weighted by Crippen LogP contribution is -2.29. The van der Waals surface area contributed by atoms with Crippen LogP contribution in [0, 0.1) is 11.6 Å². The minimum absolute atomic E-state index is 0.175. The quantitative estimate of drug-likeness (QED) is 0.919. The number of nitrogens with one attached hydrogen (secondary N) is 1. The number of carbonyl (C=O) groups excluding carboxylic acids is 1. The first-order valence-corrected chi connectivity index (χ1v) is 6.93. The zero-order chi connectivity index (χ0) is 14.5. The van der Waals surface area contributed by atoms with E-state index in [2.05, 4.69) is 5.32 Å². The Hall–Kier alpha value is -1.79. The molecule has 0 saturated heterocycles. The van der Waals surface area contributed by atoms with Crippen molar-refractivity contribution in [1.82, 2.24) is 4.90 Å². The molecule has 1 aromatic heterocycles. The second kappa shape index (κ2) is 6.58. The fourth-order valence-electron chi connectivity index (χ4n) is 1.77. The molecule has 0 bridgehead atoms. The largest absolute Gasteiger partial charge is 0.325 e. The van der Waals surface area contributed by atoms with Gasteiger partial charge in [0.2, 0.25) is 5.91 Å². The number of hydrogen-bond acceptors (Lipinski definition) is 3. The minimum atomic E-state index is -0.977. The second-order valence-electron chi connectivity index (χ2n) is 4.48. The number of benzene rings is 1. The van der Waals surface area contributed by atoms with Crippen molar-refractivity contribution >= 4 is 22.9 Å². The molecule has 1 heterocycles. The molecule has 106 valence electrons. The summed E-state index contributed by atoms with van der Waals surface area (Å²) < 4.78 is 25.8. The van der Waals surface area contributed by atoms with Gasteiger partial charge in [0.25, 0.3) is 0 Å². The molecular weight excluding hydrogens is 282 g/mol. The van der Waals surface area contributed by atoms with E-state index >= 15 is 0 Å². The summed E-state index contributed by atoms with van der Waals surface area (Å²) in [6.07, 6.45) is 0. The number of nitrogens with zero attached hydrogens (tertiary/aromatic N) is 1. The van der Waals surface area contributed by atoms with Crippen molar-refractivity contribution < 1.29 is 13.6 Å². The van der Waals surface area contributed by atoms with Crippen molar-refractivity contribution in [2.75, 3.05) is 18.9 Å². The molecule has 0 atom stereocenters. The van der Waals surface area contributed by atoms with Crippen LogP contribution in [0.2, 0.25) is 0 Å². The monoisotopic (exact) mass is 296 g/mol. The lowest BCUT2D eigenvalue weighted by atomic mass is 10.3. The predicted molar refractivity (Wildman–Crippen MR) is 75.6 cm³/mol. The van der Waals surface area contributed by atoms with Crippen LogP contribution in [-0.4, -0.2) is 24.4 Å². The van der Waals surface area contributed by atoms with Crippen molar-refractivity contribution in [2.45, 2.75) is 6.54 Å². The molecule has 0 aliphatic rings. The van der Waals surface area contributed by atoms with Crippen molar-refractivity contribution in [3.63, 3.8) is 0 Å². The van der Waals surface area contributed by atoms with Gasteiger partial charge in [-0.1, -0.05) is 0 Å². The highest BCUT2D eigenvalue weighted by molar-refractivity contribution is 7.07. The Bertz CT molecular complexity index is 587. The van der Waals surface area contributed by atoms with E-state index in [4.69, 9.17) is 0 Å². The molecule has 2 aromatic rings. The fraction of sp³-hybridized carbons (Fsp3) is 0.214. The van der Waals surface area contributed by atoms with Gasteiger partial charge in [0.05, 0.1) is 6.54 Å². The Balaban J connectivity index is 1.87. The van der Waals surface area contributed by atoms with Crippen LogP contribution in [0.25, 0.3) is 0 Å². The molecule has 0 aliphatic heterocycles. The van der Waals surface area contributed by atoms with E-state index in [1.807, 2.05) is 28.8 Å². The first kappa shape index (κ1) is 14.6. The van der Waals surface area contributed by atoms with Gasteiger partial charge in [0.1, 0.15) is 0 Å². The molecular formula is C14H14F2N2OS. The van der Waals surface area contributed by atoms with Crippen molar-refractivity contribution in [2.24, 2.45) is 0 Å². The van der Waals surface area contributed by atoms with Crippen molar-refractivity contribution in [1.29, 1.82) is 0 Å². The van der Waals surface area contributed by atoms with Gasteiger partial charge in [-0.3, -0.25) is 9.69 Å². The summed E-state index contributed by atoms with van der Waals surface area (Å²) >= 11 is 1.60. The SMILES string of the molecule is CN(CC(=O)Nc1ccc(F)c(F)c1)Cc1ccsc1. The molecule has 0 spiro atoms. The number of hydrogen-bond donors (Lipinski definition) is 1. The highest BCUT2D eigenvalue weighted by Gasteiger charge is 2.09. The molecule has 0 unspecified atom stereocenters. The summed E-state index contributed by atoms with van der Waals surface area (Å²) in [5, 5.41) is 6.53. The highest BCUT2D eigenvalue weighted by atomic mass is 32.1. The van der Waals surface area contributed by atoms with Gasteiger partial charge in [0.15, 0.2) is 11.6 Å². The van der Waals surface area contributed by atoms with Crippen LogP contribution in [0.5, 0.6) is 0 Å². The Labute approximate surface area is 119 Å². The topological polar surface area (TPSA) is 32.3 Å². The van der Waals surface area contributed by atoms with Crippen molar-refractivity contribution in [3.8, 4) is 0 Å². The lowest BCUT2D eigenvalue weighted by Gasteiger charge is -2.15. The van der Waals surface area contributed by atoms with Gasteiger partial charge < -0.3 is 5.32 Å². The molecule has 3 nitrogen and oxygen atoms in total. The Morgan fingerprint density at radius 1 is 1.30 bits per heavy atom. The number of anilines is 1. The normalized spacial score (nSPS) is 10.8. The van der Waals surface area contributed by atoms with Crippen LogP contribution in [0.3, 0.4) is 0 Å². The number of rotatable bonds is 5. The van der Waals surface area contributed by atoms with Gasteiger partial charge in [-0.15, -0.1) is 0 Å². The molecule has 2 rings (SSSR count). The number of likely N-dealkylation sites (N-methyl/N-ethyl adjacent to an activating group) is 1. The molecule has 0 fully saturated rings. The third kappa shape index (κ3) is 4.11.